The van der Waals surface area contributed by atoms with Crippen molar-refractivity contribution in [2.45, 2.75) is 33.4 Å². The van der Waals surface area contributed by atoms with Crippen LogP contribution in [0, 0.1) is 5.92 Å². The first-order valence-corrected chi connectivity index (χ1v) is 5.72. The van der Waals surface area contributed by atoms with Crippen molar-refractivity contribution in [3.63, 3.8) is 0 Å². The third kappa shape index (κ3) is 4.16. The lowest BCUT2D eigenvalue weighted by Gasteiger charge is -2.15. The monoisotopic (exact) mass is 273 g/mol. The Morgan fingerprint density at radius 1 is 1.44 bits per heavy atom. The maximum atomic E-state index is 11.7. The smallest absolute Gasteiger partial charge is 0.250 e. The van der Waals surface area contributed by atoms with Gasteiger partial charge in [0.15, 0.2) is 0 Å². The van der Waals surface area contributed by atoms with Gasteiger partial charge in [0.1, 0.15) is 0 Å². The van der Waals surface area contributed by atoms with E-state index in [2.05, 4.69) is 5.32 Å². The van der Waals surface area contributed by atoms with Crippen molar-refractivity contribution in [1.82, 2.24) is 4.57 Å². The number of pyridine rings is 1. The lowest BCUT2D eigenvalue weighted by Crippen LogP contribution is -2.40. The van der Waals surface area contributed by atoms with E-state index in [9.17, 15) is 9.59 Å². The van der Waals surface area contributed by atoms with Crippen LogP contribution in [0.1, 0.15) is 20.8 Å². The first-order chi connectivity index (χ1) is 7.95. The Hall–Kier alpha value is -1.33. The molecule has 3 N–H and O–H groups in total. The SMILES string of the molecule is CCn1cc(NC(=O)[C@@H](N)C(C)C)ccc1=O.Cl. The molecule has 0 aliphatic heterocycles. The van der Waals surface area contributed by atoms with Crippen LogP contribution in [0.3, 0.4) is 0 Å². The van der Waals surface area contributed by atoms with Crippen molar-refractivity contribution in [3.05, 3.63) is 28.7 Å². The van der Waals surface area contributed by atoms with E-state index in [4.69, 9.17) is 5.73 Å². The molecule has 1 heterocycles. The van der Waals surface area contributed by atoms with Gasteiger partial charge in [-0.3, -0.25) is 9.59 Å². The van der Waals surface area contributed by atoms with Gasteiger partial charge in [-0.2, -0.15) is 0 Å². The zero-order valence-corrected chi connectivity index (χ0v) is 11.7. The van der Waals surface area contributed by atoms with E-state index in [0.29, 0.717) is 12.2 Å². The molecule has 6 heteroatoms. The highest BCUT2D eigenvalue weighted by molar-refractivity contribution is 5.94. The molecule has 1 rings (SSSR count). The summed E-state index contributed by atoms with van der Waals surface area (Å²) in [7, 11) is 0. The minimum Gasteiger partial charge on any atom is -0.323 e. The van der Waals surface area contributed by atoms with Crippen LogP contribution >= 0.6 is 12.4 Å². The molecule has 1 atom stereocenters. The standard InChI is InChI=1S/C12H19N3O2.ClH/c1-4-15-7-9(5-6-10(15)16)14-12(17)11(13)8(2)3;/h5-8,11H,4,13H2,1-3H3,(H,14,17);1H/t11-;/m0./s1. The molecule has 5 nitrogen and oxygen atoms in total. The average Bonchev–Trinajstić information content (AvgIpc) is 2.30. The molecular formula is C12H20ClN3O2. The number of aromatic nitrogens is 1. The Bertz CT molecular complexity index is 457. The van der Waals surface area contributed by atoms with Crippen molar-refractivity contribution in [2.24, 2.45) is 11.7 Å². The maximum absolute atomic E-state index is 11.7. The molecule has 102 valence electrons. The minimum absolute atomic E-state index is 0. The summed E-state index contributed by atoms with van der Waals surface area (Å²) in [5, 5.41) is 2.70. The summed E-state index contributed by atoms with van der Waals surface area (Å²) in [6, 6.07) is 2.47. The first kappa shape index (κ1) is 16.7. The van der Waals surface area contributed by atoms with Crippen LogP contribution in [-0.2, 0) is 11.3 Å². The van der Waals surface area contributed by atoms with Gasteiger partial charge in [-0.15, -0.1) is 12.4 Å². The first-order valence-electron chi connectivity index (χ1n) is 5.72. The molecule has 0 aliphatic carbocycles. The normalized spacial score (nSPS) is 11.8. The number of nitrogens with zero attached hydrogens (tertiary/aromatic N) is 1. The zero-order chi connectivity index (χ0) is 13.0. The Morgan fingerprint density at radius 2 is 2.06 bits per heavy atom. The molecule has 1 aromatic rings. The van der Waals surface area contributed by atoms with Gasteiger partial charge in [0, 0.05) is 18.8 Å². The number of hydrogen-bond acceptors (Lipinski definition) is 3. The molecule has 0 unspecified atom stereocenters. The average molecular weight is 274 g/mol. The number of hydrogen-bond donors (Lipinski definition) is 2. The molecule has 0 saturated carbocycles. The number of carbonyl (C=O) groups excluding carboxylic acids is 1. The van der Waals surface area contributed by atoms with Gasteiger partial charge < -0.3 is 15.6 Å². The van der Waals surface area contributed by atoms with E-state index in [0.717, 1.165) is 0 Å². The molecule has 1 amide bonds. The molecule has 0 radical (unpaired) electrons. The highest BCUT2D eigenvalue weighted by Gasteiger charge is 2.17. The van der Waals surface area contributed by atoms with E-state index < -0.39 is 6.04 Å². The summed E-state index contributed by atoms with van der Waals surface area (Å²) < 4.78 is 1.52. The summed E-state index contributed by atoms with van der Waals surface area (Å²) in [6.45, 7) is 6.21. The maximum Gasteiger partial charge on any atom is 0.250 e. The topological polar surface area (TPSA) is 77.1 Å². The highest BCUT2D eigenvalue weighted by atomic mass is 35.5. The highest BCUT2D eigenvalue weighted by Crippen LogP contribution is 2.06. The van der Waals surface area contributed by atoms with E-state index in [1.54, 1.807) is 12.3 Å². The van der Waals surface area contributed by atoms with Crippen LogP contribution in [0.25, 0.3) is 0 Å². The number of aryl methyl sites for hydroxylation is 1. The lowest BCUT2D eigenvalue weighted by atomic mass is 10.1. The number of halogens is 1. The van der Waals surface area contributed by atoms with Crippen LogP contribution in [0.5, 0.6) is 0 Å². The Morgan fingerprint density at radius 3 is 2.56 bits per heavy atom. The van der Waals surface area contributed by atoms with Gasteiger partial charge in [-0.25, -0.2) is 0 Å². The molecule has 0 aromatic carbocycles. The molecule has 0 fully saturated rings. The number of nitrogens with two attached hydrogens (primary N) is 1. The van der Waals surface area contributed by atoms with E-state index in [-0.39, 0.29) is 29.8 Å². The number of nitrogens with one attached hydrogen (secondary N) is 1. The quantitative estimate of drug-likeness (QED) is 0.866. The second kappa shape index (κ2) is 7.18. The lowest BCUT2D eigenvalue weighted by molar-refractivity contribution is -0.118. The zero-order valence-electron chi connectivity index (χ0n) is 10.8. The van der Waals surface area contributed by atoms with Crippen LogP contribution in [0.15, 0.2) is 23.1 Å². The molecule has 0 aliphatic rings. The number of anilines is 1. The third-order valence-electron chi connectivity index (χ3n) is 2.61. The fourth-order valence-electron chi connectivity index (χ4n) is 1.38. The van der Waals surface area contributed by atoms with Crippen molar-refractivity contribution < 1.29 is 4.79 Å². The molecule has 1 aromatic heterocycles. The van der Waals surface area contributed by atoms with Crippen LogP contribution < -0.4 is 16.6 Å². The number of rotatable bonds is 4. The van der Waals surface area contributed by atoms with Gasteiger partial charge in [-0.1, -0.05) is 13.8 Å². The minimum atomic E-state index is -0.544. The van der Waals surface area contributed by atoms with Gasteiger partial charge >= 0.3 is 0 Å². The number of amides is 1. The predicted octanol–water partition coefficient (Wildman–Crippen LogP) is 1.21. The third-order valence-corrected chi connectivity index (χ3v) is 2.61. The summed E-state index contributed by atoms with van der Waals surface area (Å²) in [5.74, 6) is -0.159. The summed E-state index contributed by atoms with van der Waals surface area (Å²) in [5.41, 5.74) is 6.23. The Balaban J connectivity index is 0.00000289. The van der Waals surface area contributed by atoms with Gasteiger partial charge in [0.25, 0.3) is 5.56 Å². The fourth-order valence-corrected chi connectivity index (χ4v) is 1.38. The predicted molar refractivity (Wildman–Crippen MR) is 75.1 cm³/mol. The Kier molecular flexibility index (Phi) is 6.65. The molecule has 0 saturated heterocycles. The van der Waals surface area contributed by atoms with Crippen LogP contribution in [0.4, 0.5) is 5.69 Å². The fraction of sp³-hybridized carbons (Fsp3) is 0.500. The van der Waals surface area contributed by atoms with Crippen molar-refractivity contribution in [3.8, 4) is 0 Å². The second-order valence-electron chi connectivity index (χ2n) is 4.30. The van der Waals surface area contributed by atoms with Gasteiger partial charge in [-0.05, 0) is 18.9 Å². The van der Waals surface area contributed by atoms with Crippen molar-refractivity contribution in [2.75, 3.05) is 5.32 Å². The summed E-state index contributed by atoms with van der Waals surface area (Å²) in [6.07, 6.45) is 1.62. The summed E-state index contributed by atoms with van der Waals surface area (Å²) in [4.78, 5) is 23.1. The van der Waals surface area contributed by atoms with E-state index in [1.807, 2.05) is 20.8 Å². The molecule has 18 heavy (non-hydrogen) atoms. The largest absolute Gasteiger partial charge is 0.323 e. The van der Waals surface area contributed by atoms with Crippen LogP contribution in [-0.4, -0.2) is 16.5 Å². The molecule has 0 spiro atoms. The Labute approximate surface area is 113 Å². The van der Waals surface area contributed by atoms with Gasteiger partial charge in [0.05, 0.1) is 11.7 Å². The van der Waals surface area contributed by atoms with E-state index in [1.165, 1.54) is 10.6 Å². The van der Waals surface area contributed by atoms with Crippen LogP contribution in [0.2, 0.25) is 0 Å². The van der Waals surface area contributed by atoms with Crippen molar-refractivity contribution in [1.29, 1.82) is 0 Å². The second-order valence-corrected chi connectivity index (χ2v) is 4.30. The van der Waals surface area contributed by atoms with Crippen molar-refractivity contribution >= 4 is 24.0 Å². The molecule has 0 bridgehead atoms. The molecular weight excluding hydrogens is 254 g/mol. The summed E-state index contributed by atoms with van der Waals surface area (Å²) >= 11 is 0. The van der Waals surface area contributed by atoms with Gasteiger partial charge in [0.2, 0.25) is 5.91 Å². The number of carbonyl (C=O) groups is 1. The van der Waals surface area contributed by atoms with E-state index >= 15 is 0 Å².